The molecule has 1 aromatic rings. The third kappa shape index (κ3) is 2.75. The van der Waals surface area contributed by atoms with Gasteiger partial charge in [0.15, 0.2) is 5.78 Å². The van der Waals surface area contributed by atoms with Gasteiger partial charge >= 0.3 is 0 Å². The minimum absolute atomic E-state index is 0.280. The van der Waals surface area contributed by atoms with E-state index in [0.717, 1.165) is 27.1 Å². The Kier molecular flexibility index (Phi) is 4.20. The molecule has 0 unspecified atom stereocenters. The highest BCUT2D eigenvalue weighted by Crippen LogP contribution is 2.32. The number of Topliss-reactive ketones (excluding diaryl/α,β-unsaturated/α-hetero) is 1. The average Bonchev–Trinajstić information content (AvgIpc) is 2.49. The molecule has 1 aliphatic carbocycles. The molecule has 2 rings (SSSR count). The largest absolute Gasteiger partial charge is 0.294 e. The first-order chi connectivity index (χ1) is 7.68. The summed E-state index contributed by atoms with van der Waals surface area (Å²) in [6.07, 6.45) is 7.23. The lowest BCUT2D eigenvalue weighted by Gasteiger charge is -2.12. The van der Waals surface area contributed by atoms with Crippen LogP contribution in [0.2, 0.25) is 0 Å². The lowest BCUT2D eigenvalue weighted by molar-refractivity contribution is 0.0908. The van der Waals surface area contributed by atoms with Crippen LogP contribution < -0.4 is 0 Å². The molecule has 0 spiro atoms. The average molecular weight is 301 g/mol. The Balaban J connectivity index is 2.14. The van der Waals surface area contributed by atoms with E-state index in [-0.39, 0.29) is 5.92 Å². The van der Waals surface area contributed by atoms with E-state index in [2.05, 4.69) is 15.9 Å². The third-order valence-corrected chi connectivity index (χ3v) is 4.93. The molecular weight excluding hydrogens is 284 g/mol. The lowest BCUT2D eigenvalue weighted by Crippen LogP contribution is -2.14. The van der Waals surface area contributed by atoms with E-state index >= 15 is 0 Å². The first-order valence-electron chi connectivity index (χ1n) is 5.98. The summed E-state index contributed by atoms with van der Waals surface area (Å²) in [5.41, 5.74) is 0.948. The second kappa shape index (κ2) is 5.46. The molecule has 1 saturated carbocycles. The van der Waals surface area contributed by atoms with E-state index in [1.54, 1.807) is 11.3 Å². The highest BCUT2D eigenvalue weighted by Gasteiger charge is 2.23. The molecule has 0 aliphatic heterocycles. The van der Waals surface area contributed by atoms with Crippen molar-refractivity contribution in [2.24, 2.45) is 5.92 Å². The Bertz CT molecular complexity index is 375. The number of hydrogen-bond donors (Lipinski definition) is 0. The quantitative estimate of drug-likeness (QED) is 0.556. The lowest BCUT2D eigenvalue weighted by atomic mass is 9.91. The number of rotatable bonds is 2. The molecule has 0 saturated heterocycles. The standard InChI is InChI=1S/C13H17BrOS/c1-9-11(8-12(14)16-9)13(15)10-6-4-2-3-5-7-10/h8,10H,2-7H2,1H3. The predicted molar refractivity (Wildman–Crippen MR) is 72.3 cm³/mol. The van der Waals surface area contributed by atoms with Crippen LogP contribution in [-0.4, -0.2) is 5.78 Å². The molecule has 0 N–H and O–H groups in total. The van der Waals surface area contributed by atoms with E-state index in [9.17, 15) is 4.79 Å². The molecule has 1 aliphatic rings. The van der Waals surface area contributed by atoms with Crippen molar-refractivity contribution < 1.29 is 4.79 Å². The molecule has 0 bridgehead atoms. The van der Waals surface area contributed by atoms with Crippen LogP contribution in [0.3, 0.4) is 0 Å². The Morgan fingerprint density at radius 3 is 2.44 bits per heavy atom. The van der Waals surface area contributed by atoms with Crippen LogP contribution in [0, 0.1) is 12.8 Å². The van der Waals surface area contributed by atoms with Crippen LogP contribution in [-0.2, 0) is 0 Å². The van der Waals surface area contributed by atoms with Crippen molar-refractivity contribution >= 4 is 33.0 Å². The van der Waals surface area contributed by atoms with Gasteiger partial charge in [-0.05, 0) is 41.8 Å². The maximum absolute atomic E-state index is 12.4. The molecule has 3 heteroatoms. The SMILES string of the molecule is Cc1sc(Br)cc1C(=O)C1CCCCCC1. The molecular formula is C13H17BrOS. The summed E-state index contributed by atoms with van der Waals surface area (Å²) in [4.78, 5) is 13.5. The topological polar surface area (TPSA) is 17.1 Å². The first kappa shape index (κ1) is 12.3. The highest BCUT2D eigenvalue weighted by atomic mass is 79.9. The third-order valence-electron chi connectivity index (χ3n) is 3.38. The summed E-state index contributed by atoms with van der Waals surface area (Å²) in [5.74, 6) is 0.657. The summed E-state index contributed by atoms with van der Waals surface area (Å²) < 4.78 is 1.07. The van der Waals surface area contributed by atoms with Crippen LogP contribution in [0.5, 0.6) is 0 Å². The smallest absolute Gasteiger partial charge is 0.167 e. The van der Waals surface area contributed by atoms with E-state index in [4.69, 9.17) is 0 Å². The molecule has 1 aromatic heterocycles. The molecule has 0 radical (unpaired) electrons. The van der Waals surface area contributed by atoms with Gasteiger partial charge in [0.2, 0.25) is 0 Å². The minimum atomic E-state index is 0.280. The van der Waals surface area contributed by atoms with Crippen LogP contribution in [0.1, 0.15) is 53.8 Å². The fourth-order valence-electron chi connectivity index (χ4n) is 2.45. The number of thiophene rings is 1. The van der Waals surface area contributed by atoms with Crippen LogP contribution >= 0.6 is 27.3 Å². The van der Waals surface area contributed by atoms with Gasteiger partial charge in [0, 0.05) is 16.4 Å². The van der Waals surface area contributed by atoms with E-state index in [1.807, 2.05) is 13.0 Å². The van der Waals surface area contributed by atoms with Gasteiger partial charge < -0.3 is 0 Å². The number of ketones is 1. The number of aryl methyl sites for hydroxylation is 1. The predicted octanol–water partition coefficient (Wildman–Crippen LogP) is 4.97. The molecule has 1 nitrogen and oxygen atoms in total. The van der Waals surface area contributed by atoms with Gasteiger partial charge in [-0.15, -0.1) is 11.3 Å². The van der Waals surface area contributed by atoms with Crippen LogP contribution in [0.15, 0.2) is 9.85 Å². The van der Waals surface area contributed by atoms with Gasteiger partial charge in [-0.2, -0.15) is 0 Å². The summed E-state index contributed by atoms with van der Waals surface area (Å²) in [6.45, 7) is 2.04. The normalized spacial score (nSPS) is 18.4. The van der Waals surface area contributed by atoms with Gasteiger partial charge in [-0.25, -0.2) is 0 Å². The Hall–Kier alpha value is -0.150. The van der Waals surface area contributed by atoms with Crippen molar-refractivity contribution in [3.8, 4) is 0 Å². The van der Waals surface area contributed by atoms with Gasteiger partial charge in [-0.1, -0.05) is 25.7 Å². The second-order valence-corrected chi connectivity index (χ2v) is 7.21. The Labute approximate surface area is 109 Å². The van der Waals surface area contributed by atoms with Gasteiger partial charge in [0.25, 0.3) is 0 Å². The maximum atomic E-state index is 12.4. The van der Waals surface area contributed by atoms with Crippen molar-refractivity contribution in [1.82, 2.24) is 0 Å². The molecule has 1 heterocycles. The van der Waals surface area contributed by atoms with E-state index < -0.39 is 0 Å². The minimum Gasteiger partial charge on any atom is -0.294 e. The highest BCUT2D eigenvalue weighted by molar-refractivity contribution is 9.11. The van der Waals surface area contributed by atoms with E-state index in [1.165, 1.54) is 25.7 Å². The zero-order chi connectivity index (χ0) is 11.5. The summed E-state index contributed by atoms with van der Waals surface area (Å²) in [5, 5.41) is 0. The summed E-state index contributed by atoms with van der Waals surface area (Å²) in [7, 11) is 0. The maximum Gasteiger partial charge on any atom is 0.167 e. The van der Waals surface area contributed by atoms with Crippen molar-refractivity contribution in [2.45, 2.75) is 45.4 Å². The van der Waals surface area contributed by atoms with Gasteiger partial charge in [0.05, 0.1) is 3.79 Å². The molecule has 88 valence electrons. The monoisotopic (exact) mass is 300 g/mol. The Morgan fingerprint density at radius 2 is 1.94 bits per heavy atom. The Morgan fingerprint density at radius 1 is 1.31 bits per heavy atom. The fraction of sp³-hybridized carbons (Fsp3) is 0.615. The second-order valence-electron chi connectivity index (χ2n) is 4.57. The fourth-order valence-corrected chi connectivity index (χ4v) is 4.15. The van der Waals surface area contributed by atoms with Crippen molar-refractivity contribution in [3.05, 3.63) is 20.3 Å². The molecule has 0 amide bonds. The molecule has 0 aromatic carbocycles. The van der Waals surface area contributed by atoms with Gasteiger partial charge in [-0.3, -0.25) is 4.79 Å². The first-order valence-corrected chi connectivity index (χ1v) is 7.59. The van der Waals surface area contributed by atoms with Gasteiger partial charge in [0.1, 0.15) is 0 Å². The summed E-state index contributed by atoms with van der Waals surface area (Å²) in [6, 6.07) is 1.99. The summed E-state index contributed by atoms with van der Waals surface area (Å²) >= 11 is 5.12. The molecule has 16 heavy (non-hydrogen) atoms. The zero-order valence-corrected chi connectivity index (χ0v) is 12.0. The molecule has 1 fully saturated rings. The van der Waals surface area contributed by atoms with Crippen molar-refractivity contribution in [2.75, 3.05) is 0 Å². The number of hydrogen-bond acceptors (Lipinski definition) is 2. The number of carbonyl (C=O) groups excluding carboxylic acids is 1. The van der Waals surface area contributed by atoms with Crippen LogP contribution in [0.25, 0.3) is 0 Å². The van der Waals surface area contributed by atoms with Crippen molar-refractivity contribution in [3.63, 3.8) is 0 Å². The number of carbonyl (C=O) groups is 1. The zero-order valence-electron chi connectivity index (χ0n) is 9.59. The molecule has 0 atom stereocenters. The van der Waals surface area contributed by atoms with Crippen molar-refractivity contribution in [1.29, 1.82) is 0 Å². The van der Waals surface area contributed by atoms with Crippen LogP contribution in [0.4, 0.5) is 0 Å². The number of halogens is 1. The van der Waals surface area contributed by atoms with E-state index in [0.29, 0.717) is 5.78 Å².